The number of hydrogen-bond donors (Lipinski definition) is 7. The molecule has 29 heavy (non-hydrogen) atoms. The molecule has 1 aliphatic carbocycles. The van der Waals surface area contributed by atoms with Crippen molar-refractivity contribution in [1.29, 1.82) is 5.41 Å². The number of nitrogens with zero attached hydrogens (tertiary/aromatic N) is 2. The summed E-state index contributed by atoms with van der Waals surface area (Å²) in [7, 11) is 0. The molecule has 0 atom stereocenters. The Hall–Kier alpha value is -3.22. The molecule has 0 heterocycles. The van der Waals surface area contributed by atoms with Crippen molar-refractivity contribution >= 4 is 50.8 Å². The number of anilines is 1. The van der Waals surface area contributed by atoms with Crippen LogP contribution in [0.2, 0.25) is 0 Å². The lowest BCUT2D eigenvalue weighted by molar-refractivity contribution is -0.139. The van der Waals surface area contributed by atoms with Crippen LogP contribution in [0.5, 0.6) is 0 Å². The van der Waals surface area contributed by atoms with Crippen LogP contribution in [-0.4, -0.2) is 58.7 Å². The van der Waals surface area contributed by atoms with E-state index in [1.54, 1.807) is 0 Å². The number of nitrogens with one attached hydrogen (secondary N) is 5. The number of halogens is 2. The van der Waals surface area contributed by atoms with Gasteiger partial charge in [-0.25, -0.2) is 4.39 Å². The smallest absolute Gasteiger partial charge is 0.309 e. The lowest BCUT2D eigenvalue weighted by Crippen LogP contribution is -2.45. The second-order valence-electron chi connectivity index (χ2n) is 5.96. The van der Waals surface area contributed by atoms with E-state index in [-0.39, 0.29) is 29.4 Å². The number of carbonyl (C=O) groups is 2. The van der Waals surface area contributed by atoms with E-state index in [0.29, 0.717) is 5.69 Å². The van der Waals surface area contributed by atoms with Gasteiger partial charge < -0.3 is 31.7 Å². The van der Waals surface area contributed by atoms with Crippen LogP contribution in [0.25, 0.3) is 0 Å². The molecule has 0 aromatic heterocycles. The van der Waals surface area contributed by atoms with Gasteiger partial charge in [-0.2, -0.15) is 0 Å². The number of rotatable bonds is 7. The number of benzene rings is 1. The van der Waals surface area contributed by atoms with Gasteiger partial charge >= 0.3 is 11.8 Å². The van der Waals surface area contributed by atoms with Gasteiger partial charge in [0.2, 0.25) is 5.84 Å². The molecule has 2 rings (SSSR count). The molecule has 1 aromatic carbocycles. The van der Waals surface area contributed by atoms with Crippen molar-refractivity contribution in [2.24, 2.45) is 10.3 Å². The van der Waals surface area contributed by atoms with Gasteiger partial charge in [-0.05, 0) is 47.0 Å². The fraction of sp³-hybridized carbons (Fsp3) is 0.312. The van der Waals surface area contributed by atoms with Gasteiger partial charge in [0.25, 0.3) is 0 Å². The number of hydrogen-bond acceptors (Lipinski definition) is 7. The molecule has 0 spiro atoms. The third kappa shape index (κ3) is 6.71. The Morgan fingerprint density at radius 2 is 1.86 bits per heavy atom. The maximum Gasteiger partial charge on any atom is 0.309 e. The van der Waals surface area contributed by atoms with E-state index in [4.69, 9.17) is 15.8 Å². The van der Waals surface area contributed by atoms with Crippen molar-refractivity contribution in [2.45, 2.75) is 18.9 Å². The highest BCUT2D eigenvalue weighted by molar-refractivity contribution is 9.10. The van der Waals surface area contributed by atoms with E-state index >= 15 is 0 Å². The monoisotopic (exact) mass is 471 g/mol. The Kier molecular flexibility index (Phi) is 7.88. The number of carbonyl (C=O) groups excluding carboxylic acids is 2. The average Bonchev–Trinajstić information content (AvgIpc) is 3.51. The van der Waals surface area contributed by atoms with E-state index in [1.165, 1.54) is 12.1 Å². The van der Waals surface area contributed by atoms with Crippen LogP contribution in [0.1, 0.15) is 12.8 Å². The second-order valence-corrected chi connectivity index (χ2v) is 6.81. The van der Waals surface area contributed by atoms with Crippen molar-refractivity contribution in [3.63, 3.8) is 0 Å². The van der Waals surface area contributed by atoms with Crippen LogP contribution in [0, 0.1) is 11.2 Å². The number of amides is 2. The molecule has 1 saturated carbocycles. The fourth-order valence-corrected chi connectivity index (χ4v) is 2.44. The zero-order valence-corrected chi connectivity index (χ0v) is 16.6. The van der Waals surface area contributed by atoms with Gasteiger partial charge in [0.15, 0.2) is 11.5 Å². The van der Waals surface area contributed by atoms with Gasteiger partial charge in [0, 0.05) is 24.8 Å². The summed E-state index contributed by atoms with van der Waals surface area (Å²) in [4.78, 5) is 23.1. The molecule has 13 heteroatoms. The third-order valence-electron chi connectivity index (χ3n) is 3.67. The van der Waals surface area contributed by atoms with E-state index in [1.807, 2.05) is 0 Å². The Bertz CT molecular complexity index is 858. The maximum absolute atomic E-state index is 13.3. The highest BCUT2D eigenvalue weighted by Crippen LogP contribution is 2.20. The quantitative estimate of drug-likeness (QED) is 0.0764. The minimum absolute atomic E-state index is 0.0158. The molecule has 0 unspecified atom stereocenters. The predicted molar refractivity (Wildman–Crippen MR) is 106 cm³/mol. The largest absolute Gasteiger partial charge is 0.410 e. The van der Waals surface area contributed by atoms with Crippen LogP contribution < -0.4 is 21.3 Å². The minimum atomic E-state index is -0.789. The topological polar surface area (TPSA) is 171 Å². The molecule has 0 bridgehead atoms. The van der Waals surface area contributed by atoms with Gasteiger partial charge in [-0.3, -0.25) is 15.0 Å². The lowest BCUT2D eigenvalue weighted by Gasteiger charge is -2.13. The summed E-state index contributed by atoms with van der Waals surface area (Å²) < 4.78 is 13.4. The lowest BCUT2D eigenvalue weighted by atomic mass is 10.2. The van der Waals surface area contributed by atoms with Crippen molar-refractivity contribution < 1.29 is 24.4 Å². The summed E-state index contributed by atoms with van der Waals surface area (Å²) in [5.41, 5.74) is -0.139. The molecular weight excluding hydrogens is 453 g/mol. The number of oxime groups is 2. The van der Waals surface area contributed by atoms with Gasteiger partial charge in [-0.15, -0.1) is 0 Å². The van der Waals surface area contributed by atoms with Crippen LogP contribution in [-0.2, 0) is 9.59 Å². The van der Waals surface area contributed by atoms with Crippen molar-refractivity contribution in [3.8, 4) is 0 Å². The Labute approximate surface area is 173 Å². The summed E-state index contributed by atoms with van der Waals surface area (Å²) in [6.07, 6.45) is 1.72. The predicted octanol–water partition coefficient (Wildman–Crippen LogP) is 0.580. The first kappa shape index (κ1) is 22.1. The third-order valence-corrected chi connectivity index (χ3v) is 4.28. The number of amidine groups is 2. The first-order valence-electron chi connectivity index (χ1n) is 8.43. The molecule has 11 nitrogen and oxygen atoms in total. The highest BCUT2D eigenvalue weighted by atomic mass is 79.9. The second kappa shape index (κ2) is 10.4. The molecule has 1 aromatic rings. The van der Waals surface area contributed by atoms with Crippen molar-refractivity contribution in [2.75, 3.05) is 18.4 Å². The van der Waals surface area contributed by atoms with Crippen molar-refractivity contribution in [3.05, 3.63) is 28.5 Å². The van der Waals surface area contributed by atoms with Crippen molar-refractivity contribution in [1.82, 2.24) is 16.0 Å². The summed E-state index contributed by atoms with van der Waals surface area (Å²) in [5.74, 6) is -2.81. The maximum atomic E-state index is 13.3. The molecule has 156 valence electrons. The van der Waals surface area contributed by atoms with Crippen LogP contribution in [0.4, 0.5) is 10.1 Å². The SMILES string of the molecule is N=C(NCCNC(=O)C(=O)NC1CC1)C(=N\O)/C(=N/O)Nc1ccc(F)c(Br)c1. The molecule has 1 aliphatic rings. The van der Waals surface area contributed by atoms with Gasteiger partial charge in [-0.1, -0.05) is 10.3 Å². The average molecular weight is 472 g/mol. The zero-order chi connectivity index (χ0) is 21.4. The summed E-state index contributed by atoms with van der Waals surface area (Å²) in [6, 6.07) is 3.92. The Balaban J connectivity index is 1.83. The molecule has 0 aliphatic heterocycles. The molecular formula is C16H19BrFN7O4. The Morgan fingerprint density at radius 1 is 1.17 bits per heavy atom. The van der Waals surface area contributed by atoms with E-state index in [9.17, 15) is 14.0 Å². The molecule has 1 fully saturated rings. The van der Waals surface area contributed by atoms with Crippen LogP contribution in [0.15, 0.2) is 33.0 Å². The zero-order valence-electron chi connectivity index (χ0n) is 15.0. The highest BCUT2D eigenvalue weighted by Gasteiger charge is 2.26. The van der Waals surface area contributed by atoms with E-state index in [0.717, 1.165) is 18.9 Å². The summed E-state index contributed by atoms with van der Waals surface area (Å²) >= 11 is 3.01. The summed E-state index contributed by atoms with van der Waals surface area (Å²) in [5, 5.41) is 42.1. The normalized spacial score (nSPS) is 14.1. The van der Waals surface area contributed by atoms with E-state index < -0.39 is 29.2 Å². The van der Waals surface area contributed by atoms with E-state index in [2.05, 4.69) is 47.5 Å². The van der Waals surface area contributed by atoms with Crippen LogP contribution in [0.3, 0.4) is 0 Å². The molecule has 7 N–H and O–H groups in total. The Morgan fingerprint density at radius 3 is 2.45 bits per heavy atom. The summed E-state index contributed by atoms with van der Waals surface area (Å²) in [6.45, 7) is 0.0447. The molecule has 0 radical (unpaired) electrons. The van der Waals surface area contributed by atoms with Gasteiger partial charge in [0.1, 0.15) is 5.82 Å². The first-order chi connectivity index (χ1) is 13.8. The van der Waals surface area contributed by atoms with Gasteiger partial charge in [0.05, 0.1) is 4.47 Å². The molecule has 2 amide bonds. The van der Waals surface area contributed by atoms with Crippen LogP contribution >= 0.6 is 15.9 Å². The minimum Gasteiger partial charge on any atom is -0.410 e. The molecule has 0 saturated heterocycles. The first-order valence-corrected chi connectivity index (χ1v) is 9.23. The standard InChI is InChI=1S/C16H19BrFN7O4/c17-10-7-9(3-4-11(10)18)22-14(25-29)12(24-28)13(19)20-5-6-21-15(26)16(27)23-8-1-2-8/h3-4,7-8,28-29H,1-2,5-6H2,(H2,19,20)(H,21,26)(H,22,25)(H,23,27)/b24-12+. The fourth-order valence-electron chi connectivity index (χ4n) is 2.06.